The van der Waals surface area contributed by atoms with Crippen molar-refractivity contribution in [2.75, 3.05) is 0 Å². The molecule has 0 saturated heterocycles. The number of benzene rings is 8. The van der Waals surface area contributed by atoms with E-state index in [9.17, 15) is 5.26 Å². The van der Waals surface area contributed by atoms with E-state index in [-0.39, 0.29) is 0 Å². The van der Waals surface area contributed by atoms with Gasteiger partial charge in [-0.15, -0.1) is 0 Å². The Balaban J connectivity index is 1.12. The van der Waals surface area contributed by atoms with Gasteiger partial charge in [0.15, 0.2) is 5.82 Å². The molecule has 0 N–H and O–H groups in total. The molecule has 4 heteroatoms. The molecule has 1 aliphatic rings. The van der Waals surface area contributed by atoms with Crippen LogP contribution in [0.3, 0.4) is 0 Å². The fraction of sp³-hybridized carbons (Fsp3) is 0.0169. The second kappa shape index (κ2) is 15.8. The van der Waals surface area contributed by atoms with Gasteiger partial charge in [-0.2, -0.15) is 5.26 Å². The first-order valence-corrected chi connectivity index (χ1v) is 21.1. The van der Waals surface area contributed by atoms with Crippen LogP contribution in [0.15, 0.2) is 231 Å². The number of nitriles is 1. The fourth-order valence-corrected chi connectivity index (χ4v) is 9.29. The first-order valence-electron chi connectivity index (χ1n) is 21.1. The molecule has 0 amide bonds. The number of rotatable bonds is 8. The third-order valence-electron chi connectivity index (χ3n) is 12.2. The molecule has 0 atom stereocenters. The zero-order chi connectivity index (χ0) is 42.2. The van der Waals surface area contributed by atoms with E-state index in [1.54, 1.807) is 0 Å². The average molecular weight is 803 g/mol. The number of aromatic nitrogens is 3. The van der Waals surface area contributed by atoms with Gasteiger partial charge >= 0.3 is 0 Å². The van der Waals surface area contributed by atoms with Gasteiger partial charge in [0.25, 0.3) is 0 Å². The summed E-state index contributed by atoms with van der Waals surface area (Å²) in [5, 5.41) is 10.2. The zero-order valence-electron chi connectivity index (χ0n) is 34.2. The Morgan fingerprint density at radius 1 is 0.349 bits per heavy atom. The van der Waals surface area contributed by atoms with E-state index in [1.807, 2.05) is 54.7 Å². The van der Waals surface area contributed by atoms with Gasteiger partial charge < -0.3 is 0 Å². The summed E-state index contributed by atoms with van der Waals surface area (Å²) in [5.74, 6) is 0.623. The van der Waals surface area contributed by atoms with E-state index < -0.39 is 5.41 Å². The SMILES string of the molecule is N#Cc1ccc2c(c1)C(c1ccccc1)(c1ccccc1)c1cc(-c3cc(-c4ccccn4)cc(-c4nc(-c5ccccc5)cc(-c5ccc(-c6ccccc6)cc5)n4)c3)ccc1-2. The highest BCUT2D eigenvalue weighted by molar-refractivity contribution is 5.90. The van der Waals surface area contributed by atoms with E-state index in [2.05, 4.69) is 182 Å². The summed E-state index contributed by atoms with van der Waals surface area (Å²) >= 11 is 0. The Bertz CT molecular complexity index is 3270. The molecule has 0 fully saturated rings. The van der Waals surface area contributed by atoms with Crippen LogP contribution >= 0.6 is 0 Å². The minimum absolute atomic E-state index is 0.623. The van der Waals surface area contributed by atoms with E-state index in [0.717, 1.165) is 89.4 Å². The maximum absolute atomic E-state index is 10.2. The van der Waals surface area contributed by atoms with Gasteiger partial charge in [0.2, 0.25) is 0 Å². The Morgan fingerprint density at radius 3 is 1.46 bits per heavy atom. The van der Waals surface area contributed by atoms with E-state index >= 15 is 0 Å². The Morgan fingerprint density at radius 2 is 0.841 bits per heavy atom. The van der Waals surface area contributed by atoms with Crippen LogP contribution in [0.5, 0.6) is 0 Å². The summed E-state index contributed by atoms with van der Waals surface area (Å²) in [5.41, 5.74) is 17.6. The quantitative estimate of drug-likeness (QED) is 0.153. The van der Waals surface area contributed by atoms with Crippen molar-refractivity contribution in [1.82, 2.24) is 15.0 Å². The summed E-state index contributed by atoms with van der Waals surface area (Å²) < 4.78 is 0. The molecule has 0 bridgehead atoms. The van der Waals surface area contributed by atoms with Gasteiger partial charge in [-0.25, -0.2) is 9.97 Å². The molecule has 11 rings (SSSR count). The number of hydrogen-bond acceptors (Lipinski definition) is 4. The highest BCUT2D eigenvalue weighted by Gasteiger charge is 2.46. The predicted molar refractivity (Wildman–Crippen MR) is 254 cm³/mol. The second-order valence-corrected chi connectivity index (χ2v) is 15.9. The largest absolute Gasteiger partial charge is 0.256 e. The van der Waals surface area contributed by atoms with Crippen LogP contribution in [0.2, 0.25) is 0 Å². The monoisotopic (exact) mass is 802 g/mol. The summed E-state index contributed by atoms with van der Waals surface area (Å²) in [6.07, 6.45) is 1.83. The molecule has 294 valence electrons. The Labute approximate surface area is 367 Å². The van der Waals surface area contributed by atoms with Crippen molar-refractivity contribution in [2.45, 2.75) is 5.41 Å². The maximum atomic E-state index is 10.2. The normalized spacial score (nSPS) is 12.2. The lowest BCUT2D eigenvalue weighted by Gasteiger charge is -2.34. The molecule has 2 heterocycles. The van der Waals surface area contributed by atoms with Crippen molar-refractivity contribution in [1.29, 1.82) is 5.26 Å². The predicted octanol–water partition coefficient (Wildman–Crippen LogP) is 14.1. The van der Waals surface area contributed by atoms with Gasteiger partial charge in [-0.1, -0.05) is 170 Å². The van der Waals surface area contributed by atoms with Crippen molar-refractivity contribution in [2.24, 2.45) is 0 Å². The third-order valence-corrected chi connectivity index (χ3v) is 12.2. The molecule has 1 aliphatic carbocycles. The van der Waals surface area contributed by atoms with Crippen LogP contribution in [-0.2, 0) is 5.41 Å². The van der Waals surface area contributed by atoms with Crippen molar-refractivity contribution in [3.8, 4) is 84.6 Å². The average Bonchev–Trinajstić information content (AvgIpc) is 3.67. The van der Waals surface area contributed by atoms with Crippen LogP contribution in [0.4, 0.5) is 0 Å². The minimum Gasteiger partial charge on any atom is -0.256 e. The lowest BCUT2D eigenvalue weighted by Crippen LogP contribution is -2.28. The molecule has 10 aromatic rings. The van der Waals surface area contributed by atoms with Crippen molar-refractivity contribution in [3.05, 3.63) is 258 Å². The van der Waals surface area contributed by atoms with Gasteiger partial charge in [0, 0.05) is 28.5 Å². The molecule has 0 radical (unpaired) electrons. The first kappa shape index (κ1) is 37.5. The Hall–Kier alpha value is -8.52. The van der Waals surface area contributed by atoms with Crippen molar-refractivity contribution < 1.29 is 0 Å². The zero-order valence-corrected chi connectivity index (χ0v) is 34.2. The molecule has 2 aromatic heterocycles. The van der Waals surface area contributed by atoms with Gasteiger partial charge in [0.1, 0.15) is 0 Å². The minimum atomic E-state index is -0.671. The Kier molecular flexibility index (Phi) is 9.41. The smallest absolute Gasteiger partial charge is 0.160 e. The molecule has 4 nitrogen and oxygen atoms in total. The second-order valence-electron chi connectivity index (χ2n) is 15.9. The summed E-state index contributed by atoms with van der Waals surface area (Å²) in [7, 11) is 0. The summed E-state index contributed by atoms with van der Waals surface area (Å²) in [6.45, 7) is 0. The lowest BCUT2D eigenvalue weighted by molar-refractivity contribution is 0.768. The van der Waals surface area contributed by atoms with E-state index in [1.165, 1.54) is 5.56 Å². The first-order chi connectivity index (χ1) is 31.2. The van der Waals surface area contributed by atoms with Gasteiger partial charge in [0.05, 0.1) is 34.1 Å². The third kappa shape index (κ3) is 6.70. The topological polar surface area (TPSA) is 62.5 Å². The number of hydrogen-bond donors (Lipinski definition) is 0. The molecule has 8 aromatic carbocycles. The summed E-state index contributed by atoms with van der Waals surface area (Å²) in [6, 6.07) is 80.8. The lowest BCUT2D eigenvalue weighted by atomic mass is 9.67. The molecule has 0 spiro atoms. The van der Waals surface area contributed by atoms with Crippen molar-refractivity contribution >= 4 is 0 Å². The summed E-state index contributed by atoms with van der Waals surface area (Å²) in [4.78, 5) is 15.4. The van der Waals surface area contributed by atoms with Crippen LogP contribution in [0.25, 0.3) is 78.5 Å². The van der Waals surface area contributed by atoms with Crippen LogP contribution in [0, 0.1) is 11.3 Å². The maximum Gasteiger partial charge on any atom is 0.160 e. The fourth-order valence-electron chi connectivity index (χ4n) is 9.29. The molecule has 0 aliphatic heterocycles. The number of pyridine rings is 1. The van der Waals surface area contributed by atoms with Gasteiger partial charge in [-0.05, 0) is 110 Å². The van der Waals surface area contributed by atoms with Crippen LogP contribution in [0.1, 0.15) is 27.8 Å². The van der Waals surface area contributed by atoms with Crippen LogP contribution < -0.4 is 0 Å². The standard InChI is InChI=1S/C59H38N4/c60-39-40-24-30-51-52-31-29-45(37-54(52)59(53(51)33-40,49-19-9-3-10-20-49)50-21-11-4-12-22-50)46-34-47(55-23-13-14-32-61-55)36-48(35-46)58-62-56(43-17-7-2-8-18-43)38-57(63-58)44-27-25-42(26-28-44)41-15-5-1-6-16-41/h1-38H. The molecule has 63 heavy (non-hydrogen) atoms. The molecule has 0 saturated carbocycles. The molecule has 0 unspecified atom stereocenters. The highest BCUT2D eigenvalue weighted by Crippen LogP contribution is 2.57. The van der Waals surface area contributed by atoms with Crippen molar-refractivity contribution in [3.63, 3.8) is 0 Å². The molecular formula is C59H38N4. The number of fused-ring (bicyclic) bond motifs is 3. The van der Waals surface area contributed by atoms with Crippen LogP contribution in [-0.4, -0.2) is 15.0 Å². The van der Waals surface area contributed by atoms with E-state index in [0.29, 0.717) is 11.4 Å². The number of nitrogens with zero attached hydrogens (tertiary/aromatic N) is 4. The highest BCUT2D eigenvalue weighted by atomic mass is 14.9. The molecular weight excluding hydrogens is 765 g/mol. The van der Waals surface area contributed by atoms with Gasteiger partial charge in [-0.3, -0.25) is 4.98 Å². The van der Waals surface area contributed by atoms with E-state index in [4.69, 9.17) is 15.0 Å².